The Balaban J connectivity index is 2.87. The average molecular weight is 236 g/mol. The molecule has 0 spiro atoms. The van der Waals surface area contributed by atoms with E-state index in [0.717, 1.165) is 0 Å². The van der Waals surface area contributed by atoms with Crippen molar-refractivity contribution in [2.75, 3.05) is 12.3 Å². The van der Waals surface area contributed by atoms with Crippen LogP contribution in [0, 0.1) is 0 Å². The van der Waals surface area contributed by atoms with Crippen molar-refractivity contribution < 1.29 is 14.6 Å². The molecule has 0 saturated heterocycles. The van der Waals surface area contributed by atoms with Crippen molar-refractivity contribution in [1.29, 1.82) is 0 Å². The van der Waals surface area contributed by atoms with Crippen LogP contribution in [0.25, 0.3) is 0 Å². The van der Waals surface area contributed by atoms with Crippen molar-refractivity contribution >= 4 is 34.9 Å². The van der Waals surface area contributed by atoms with Crippen molar-refractivity contribution in [2.24, 2.45) is 0 Å². The van der Waals surface area contributed by atoms with Crippen LogP contribution in [-0.4, -0.2) is 17.7 Å². The molecule has 0 aliphatic heterocycles. The van der Waals surface area contributed by atoms with Crippen molar-refractivity contribution in [3.8, 4) is 5.75 Å². The number of ether oxygens (including phenoxy) is 1. The van der Waals surface area contributed by atoms with Gasteiger partial charge >= 0.3 is 5.97 Å². The molecule has 0 unspecified atom stereocenters. The van der Waals surface area contributed by atoms with Gasteiger partial charge in [-0.25, -0.2) is 4.79 Å². The minimum absolute atomic E-state index is 0.205. The summed E-state index contributed by atoms with van der Waals surface area (Å²) in [5, 5.41) is 8.89. The Kier molecular flexibility index (Phi) is 3.43. The van der Waals surface area contributed by atoms with E-state index in [1.165, 1.54) is 12.1 Å². The highest BCUT2D eigenvalue weighted by Gasteiger charge is 2.07. The molecule has 0 bridgehead atoms. The molecule has 0 radical (unpaired) electrons. The second-order valence-electron chi connectivity index (χ2n) is 2.49. The molecule has 1 aromatic carbocycles. The Morgan fingerprint density at radius 2 is 2.07 bits per heavy atom. The van der Waals surface area contributed by atoms with Gasteiger partial charge in [-0.2, -0.15) is 0 Å². The predicted octanol–water partition coefficient (Wildman–Crippen LogP) is 2.04. The normalized spacial score (nSPS) is 9.86. The summed E-state index contributed by atoms with van der Waals surface area (Å²) >= 11 is 11.4. The quantitative estimate of drug-likeness (QED) is 0.787. The molecular weight excluding hydrogens is 229 g/mol. The summed E-state index contributed by atoms with van der Waals surface area (Å²) < 4.78 is 4.86. The Morgan fingerprint density at radius 1 is 1.43 bits per heavy atom. The third kappa shape index (κ3) is 2.68. The number of carboxylic acid groups (broad SMARTS) is 1. The SMILES string of the molecule is Nc1cc(OCC(=O)O)c(Cl)cc1Cl. The summed E-state index contributed by atoms with van der Waals surface area (Å²) in [6.45, 7) is -0.471. The molecule has 0 saturated carbocycles. The van der Waals surface area contributed by atoms with Crippen LogP contribution in [0.4, 0.5) is 5.69 Å². The highest BCUT2D eigenvalue weighted by molar-refractivity contribution is 6.37. The minimum atomic E-state index is -1.09. The zero-order valence-corrected chi connectivity index (χ0v) is 8.47. The van der Waals surface area contributed by atoms with Crippen molar-refractivity contribution in [1.82, 2.24) is 0 Å². The minimum Gasteiger partial charge on any atom is -0.480 e. The summed E-state index contributed by atoms with van der Waals surface area (Å²) in [5.74, 6) is -0.884. The number of halogens is 2. The van der Waals surface area contributed by atoms with Gasteiger partial charge in [0.25, 0.3) is 0 Å². The van der Waals surface area contributed by atoms with Crippen LogP contribution in [0.5, 0.6) is 5.75 Å². The fourth-order valence-electron chi connectivity index (χ4n) is 0.795. The van der Waals surface area contributed by atoms with Gasteiger partial charge in [-0.15, -0.1) is 0 Å². The van der Waals surface area contributed by atoms with Crippen molar-refractivity contribution in [3.63, 3.8) is 0 Å². The maximum atomic E-state index is 10.2. The highest BCUT2D eigenvalue weighted by Crippen LogP contribution is 2.32. The van der Waals surface area contributed by atoms with Gasteiger partial charge in [0.05, 0.1) is 15.7 Å². The Bertz CT molecular complexity index is 368. The summed E-state index contributed by atoms with van der Waals surface area (Å²) in [5.41, 5.74) is 5.77. The van der Waals surface area contributed by atoms with E-state index in [2.05, 4.69) is 0 Å². The lowest BCUT2D eigenvalue weighted by Gasteiger charge is -2.07. The Labute approximate surface area is 90.2 Å². The third-order valence-electron chi connectivity index (χ3n) is 1.40. The molecule has 3 N–H and O–H groups in total. The first-order chi connectivity index (χ1) is 6.50. The number of nitrogen functional groups attached to an aromatic ring is 1. The van der Waals surface area contributed by atoms with E-state index in [4.69, 9.17) is 38.8 Å². The molecule has 0 aliphatic carbocycles. The molecule has 0 amide bonds. The zero-order valence-electron chi connectivity index (χ0n) is 6.96. The number of aliphatic carboxylic acids is 1. The number of carboxylic acids is 1. The molecule has 4 nitrogen and oxygen atoms in total. The third-order valence-corrected chi connectivity index (χ3v) is 2.03. The van der Waals surface area contributed by atoms with Crippen LogP contribution in [0.1, 0.15) is 0 Å². The first-order valence-electron chi connectivity index (χ1n) is 3.60. The molecule has 0 aromatic heterocycles. The van der Waals surface area contributed by atoms with E-state index >= 15 is 0 Å². The first-order valence-corrected chi connectivity index (χ1v) is 4.35. The number of rotatable bonds is 3. The zero-order chi connectivity index (χ0) is 10.7. The fraction of sp³-hybridized carbons (Fsp3) is 0.125. The second-order valence-corrected chi connectivity index (χ2v) is 3.30. The van der Waals surface area contributed by atoms with E-state index < -0.39 is 12.6 Å². The van der Waals surface area contributed by atoms with Gasteiger partial charge in [-0.3, -0.25) is 0 Å². The number of carbonyl (C=O) groups is 1. The van der Waals surface area contributed by atoms with Crippen LogP contribution in [-0.2, 0) is 4.79 Å². The lowest BCUT2D eigenvalue weighted by atomic mass is 10.3. The Morgan fingerprint density at radius 3 is 2.64 bits per heavy atom. The topological polar surface area (TPSA) is 72.5 Å². The van der Waals surface area contributed by atoms with Gasteiger partial charge in [-0.05, 0) is 6.07 Å². The van der Waals surface area contributed by atoms with Gasteiger partial charge < -0.3 is 15.6 Å². The average Bonchev–Trinajstić information content (AvgIpc) is 2.09. The lowest BCUT2D eigenvalue weighted by Crippen LogP contribution is -2.09. The number of hydrogen-bond donors (Lipinski definition) is 2. The van der Waals surface area contributed by atoms with Gasteiger partial charge in [0.2, 0.25) is 0 Å². The second kappa shape index (κ2) is 4.39. The van der Waals surface area contributed by atoms with Crippen LogP contribution in [0.2, 0.25) is 10.0 Å². The van der Waals surface area contributed by atoms with Crippen LogP contribution >= 0.6 is 23.2 Å². The van der Waals surface area contributed by atoms with Crippen molar-refractivity contribution in [3.05, 3.63) is 22.2 Å². The predicted molar refractivity (Wildman–Crippen MR) is 54.0 cm³/mol. The molecule has 76 valence electrons. The van der Waals surface area contributed by atoms with E-state index in [1.807, 2.05) is 0 Å². The standard InChI is InChI=1S/C8H7Cl2NO3/c9-4-1-5(10)7(2-6(4)11)14-3-8(12)13/h1-2H,3,11H2,(H,12,13). The van der Waals surface area contributed by atoms with Gasteiger partial charge in [0.1, 0.15) is 5.75 Å². The summed E-state index contributed by atoms with van der Waals surface area (Å²) in [6.07, 6.45) is 0. The maximum absolute atomic E-state index is 10.2. The van der Waals surface area contributed by atoms with Gasteiger partial charge in [0.15, 0.2) is 6.61 Å². The van der Waals surface area contributed by atoms with E-state index in [9.17, 15) is 4.79 Å². The van der Waals surface area contributed by atoms with Gasteiger partial charge in [0, 0.05) is 6.07 Å². The molecule has 6 heteroatoms. The molecule has 14 heavy (non-hydrogen) atoms. The molecule has 1 aromatic rings. The summed E-state index contributed by atoms with van der Waals surface area (Å²) in [4.78, 5) is 10.2. The molecule has 0 fully saturated rings. The van der Waals surface area contributed by atoms with Crippen LogP contribution in [0.15, 0.2) is 12.1 Å². The van der Waals surface area contributed by atoms with E-state index in [1.54, 1.807) is 0 Å². The highest BCUT2D eigenvalue weighted by atomic mass is 35.5. The monoisotopic (exact) mass is 235 g/mol. The molecule has 0 atom stereocenters. The number of nitrogens with two attached hydrogens (primary N) is 1. The largest absolute Gasteiger partial charge is 0.480 e. The number of benzene rings is 1. The smallest absolute Gasteiger partial charge is 0.341 e. The van der Waals surface area contributed by atoms with E-state index in [-0.39, 0.29) is 16.5 Å². The van der Waals surface area contributed by atoms with Gasteiger partial charge in [-0.1, -0.05) is 23.2 Å². The van der Waals surface area contributed by atoms with Crippen molar-refractivity contribution in [2.45, 2.75) is 0 Å². The molecule has 1 rings (SSSR count). The fourth-order valence-corrected chi connectivity index (χ4v) is 1.23. The first kappa shape index (κ1) is 10.9. The number of anilines is 1. The summed E-state index contributed by atoms with van der Waals surface area (Å²) in [7, 11) is 0. The Hall–Kier alpha value is -1.13. The van der Waals surface area contributed by atoms with E-state index in [0.29, 0.717) is 5.02 Å². The molecular formula is C8H7Cl2NO3. The van der Waals surface area contributed by atoms with Crippen LogP contribution in [0.3, 0.4) is 0 Å². The number of hydrogen-bond acceptors (Lipinski definition) is 3. The van der Waals surface area contributed by atoms with Crippen LogP contribution < -0.4 is 10.5 Å². The lowest BCUT2D eigenvalue weighted by molar-refractivity contribution is -0.139. The molecule has 0 heterocycles. The molecule has 0 aliphatic rings. The summed E-state index contributed by atoms with van der Waals surface area (Å²) in [6, 6.07) is 2.78. The maximum Gasteiger partial charge on any atom is 0.341 e.